The minimum atomic E-state index is -5.08. The van der Waals surface area contributed by atoms with E-state index in [1.165, 1.54) is 5.56 Å². The Kier molecular flexibility index (Phi) is 8.10. The number of rotatable bonds is 6. The number of carboxylic acids is 1. The number of benzene rings is 3. The molecular formula is C33H31F3N4O5. The molecular weight excluding hydrogens is 589 g/mol. The molecule has 3 aliphatic rings. The van der Waals surface area contributed by atoms with Gasteiger partial charge in [0.25, 0.3) is 0 Å². The first kappa shape index (κ1) is 30.4. The quantitative estimate of drug-likeness (QED) is 0.258. The number of carbonyl (C=O) groups excluding carboxylic acids is 1. The Labute approximate surface area is 256 Å². The molecule has 2 aliphatic heterocycles. The summed E-state index contributed by atoms with van der Waals surface area (Å²) in [6, 6.07) is 20.9. The van der Waals surface area contributed by atoms with Crippen molar-refractivity contribution < 1.29 is 37.3 Å². The first-order valence-corrected chi connectivity index (χ1v) is 14.4. The number of nitrogens with one attached hydrogen (secondary N) is 2. The lowest BCUT2D eigenvalue weighted by Gasteiger charge is -2.26. The molecule has 1 saturated carbocycles. The van der Waals surface area contributed by atoms with Crippen molar-refractivity contribution in [1.29, 1.82) is 0 Å². The molecule has 0 radical (unpaired) electrons. The molecule has 4 aromatic rings. The van der Waals surface area contributed by atoms with E-state index in [2.05, 4.69) is 75.0 Å². The van der Waals surface area contributed by atoms with Crippen molar-refractivity contribution in [2.45, 2.75) is 30.5 Å². The van der Waals surface area contributed by atoms with Gasteiger partial charge in [0.1, 0.15) is 5.75 Å². The monoisotopic (exact) mass is 620 g/mol. The molecule has 3 N–H and O–H groups in total. The van der Waals surface area contributed by atoms with Crippen LogP contribution in [0.1, 0.15) is 40.3 Å². The molecule has 1 aromatic heterocycles. The summed E-state index contributed by atoms with van der Waals surface area (Å²) in [5, 5.41) is 19.0. The van der Waals surface area contributed by atoms with Crippen LogP contribution in [0, 0.1) is 0 Å². The zero-order chi connectivity index (χ0) is 31.8. The molecule has 234 valence electrons. The van der Waals surface area contributed by atoms with Crippen molar-refractivity contribution in [3.63, 3.8) is 0 Å². The van der Waals surface area contributed by atoms with E-state index in [4.69, 9.17) is 19.4 Å². The second-order valence-corrected chi connectivity index (χ2v) is 11.3. The second-order valence-electron chi connectivity index (χ2n) is 11.3. The van der Waals surface area contributed by atoms with Gasteiger partial charge in [-0.15, -0.1) is 0 Å². The summed E-state index contributed by atoms with van der Waals surface area (Å²) in [5.74, 6) is -1.77. The molecule has 3 aromatic carbocycles. The standard InChI is InChI=1S/C31H30N4O3.C2HF3O2/c1-37-23-7-10-28-25(17-23)31(30(36)32-28)18-26(31)22-6-8-24-27(33-34-29(24)16-22)9-5-20-3-2-4-21(15-20)19-35-11-13-38-14-12-35;3-2(4,5)1(6)7/h2-10,15-17,26H,11-14,18-19H2,1H3,(H,32,36)(H,33,34);(H,6,7)/b9-5+;/t26-,31-;/m0./s1. The van der Waals surface area contributed by atoms with Gasteiger partial charge in [-0.2, -0.15) is 18.3 Å². The fourth-order valence-electron chi connectivity index (χ4n) is 6.09. The van der Waals surface area contributed by atoms with E-state index in [-0.39, 0.29) is 11.8 Å². The first-order chi connectivity index (χ1) is 21.6. The number of aromatic amines is 1. The smallest absolute Gasteiger partial charge is 0.490 e. The van der Waals surface area contributed by atoms with Crippen LogP contribution in [-0.2, 0) is 26.3 Å². The Morgan fingerprint density at radius 3 is 2.64 bits per heavy atom. The number of halogens is 3. The summed E-state index contributed by atoms with van der Waals surface area (Å²) in [5.41, 5.74) is 6.92. The number of fused-ring (bicyclic) bond motifs is 3. The third-order valence-corrected chi connectivity index (χ3v) is 8.48. The van der Waals surface area contributed by atoms with E-state index in [1.54, 1.807) is 7.11 Å². The molecule has 45 heavy (non-hydrogen) atoms. The topological polar surface area (TPSA) is 117 Å². The van der Waals surface area contributed by atoms with E-state index < -0.39 is 17.6 Å². The van der Waals surface area contributed by atoms with Gasteiger partial charge in [-0.3, -0.25) is 14.8 Å². The molecule has 9 nitrogen and oxygen atoms in total. The number of hydrogen-bond donors (Lipinski definition) is 3. The molecule has 2 fully saturated rings. The highest BCUT2D eigenvalue weighted by atomic mass is 19.4. The van der Waals surface area contributed by atoms with Crippen molar-refractivity contribution in [2.75, 3.05) is 38.7 Å². The number of anilines is 1. The average molecular weight is 621 g/mol. The minimum absolute atomic E-state index is 0.0786. The normalized spacial score (nSPS) is 21.0. The SMILES string of the molecule is COc1ccc2c(c1)[C@]1(C[C@H]1c1ccc3c(/C=C/c4cccc(CN5CCOCC5)c4)n[nH]c3c1)C(=O)N2.O=C(O)C(F)(F)F. The molecule has 3 heterocycles. The van der Waals surface area contributed by atoms with E-state index in [9.17, 15) is 18.0 Å². The maximum absolute atomic E-state index is 13.0. The Morgan fingerprint density at radius 1 is 1.13 bits per heavy atom. The Hall–Kier alpha value is -4.68. The van der Waals surface area contributed by atoms with Gasteiger partial charge in [0.2, 0.25) is 5.91 Å². The van der Waals surface area contributed by atoms with Crippen molar-refractivity contribution in [2.24, 2.45) is 0 Å². The van der Waals surface area contributed by atoms with Gasteiger partial charge in [0.15, 0.2) is 0 Å². The fraction of sp³-hybridized carbons (Fsp3) is 0.303. The summed E-state index contributed by atoms with van der Waals surface area (Å²) in [6.07, 6.45) is -0.0977. The van der Waals surface area contributed by atoms with Crippen molar-refractivity contribution >= 4 is 40.6 Å². The number of aromatic nitrogens is 2. The van der Waals surface area contributed by atoms with Gasteiger partial charge in [0.05, 0.1) is 36.9 Å². The molecule has 2 atom stereocenters. The number of alkyl halides is 3. The predicted molar refractivity (Wildman–Crippen MR) is 162 cm³/mol. The predicted octanol–water partition coefficient (Wildman–Crippen LogP) is 5.58. The fourth-order valence-corrected chi connectivity index (χ4v) is 6.09. The summed E-state index contributed by atoms with van der Waals surface area (Å²) < 4.78 is 42.6. The number of morpholine rings is 1. The van der Waals surface area contributed by atoms with E-state index >= 15 is 0 Å². The van der Waals surface area contributed by atoms with Gasteiger partial charge < -0.3 is 19.9 Å². The van der Waals surface area contributed by atoms with Crippen LogP contribution in [0.3, 0.4) is 0 Å². The molecule has 0 bridgehead atoms. The van der Waals surface area contributed by atoms with Gasteiger partial charge in [0, 0.05) is 36.6 Å². The zero-order valence-corrected chi connectivity index (χ0v) is 24.4. The van der Waals surface area contributed by atoms with Gasteiger partial charge >= 0.3 is 12.1 Å². The highest BCUT2D eigenvalue weighted by Crippen LogP contribution is 2.65. The van der Waals surface area contributed by atoms with Crippen molar-refractivity contribution in [3.8, 4) is 5.75 Å². The molecule has 1 spiro atoms. The van der Waals surface area contributed by atoms with Crippen LogP contribution in [-0.4, -0.2) is 71.7 Å². The summed E-state index contributed by atoms with van der Waals surface area (Å²) >= 11 is 0. The maximum atomic E-state index is 13.0. The Morgan fingerprint density at radius 2 is 1.91 bits per heavy atom. The third-order valence-electron chi connectivity index (χ3n) is 8.48. The number of amides is 1. The number of nitrogens with zero attached hydrogens (tertiary/aromatic N) is 2. The van der Waals surface area contributed by atoms with Crippen LogP contribution < -0.4 is 10.1 Å². The van der Waals surface area contributed by atoms with Crippen LogP contribution in [0.5, 0.6) is 5.75 Å². The molecule has 0 unspecified atom stereocenters. The van der Waals surface area contributed by atoms with Crippen LogP contribution in [0.15, 0.2) is 60.7 Å². The summed E-state index contributed by atoms with van der Waals surface area (Å²) in [7, 11) is 1.66. The molecule has 1 saturated heterocycles. The first-order valence-electron chi connectivity index (χ1n) is 14.4. The zero-order valence-electron chi connectivity index (χ0n) is 24.4. The largest absolute Gasteiger partial charge is 0.497 e. The number of H-pyrrole nitrogens is 1. The Bertz CT molecular complexity index is 1780. The number of carbonyl (C=O) groups is 2. The highest BCUT2D eigenvalue weighted by molar-refractivity contribution is 6.10. The van der Waals surface area contributed by atoms with Crippen LogP contribution in [0.2, 0.25) is 0 Å². The number of ether oxygens (including phenoxy) is 2. The van der Waals surface area contributed by atoms with E-state index in [1.807, 2.05) is 18.2 Å². The second kappa shape index (κ2) is 12.0. The average Bonchev–Trinajstić information content (AvgIpc) is 3.57. The summed E-state index contributed by atoms with van der Waals surface area (Å²) in [6.45, 7) is 4.52. The molecule has 1 aliphatic carbocycles. The van der Waals surface area contributed by atoms with Crippen molar-refractivity contribution in [3.05, 3.63) is 88.6 Å². The number of hydrogen-bond acceptors (Lipinski definition) is 6. The van der Waals surface area contributed by atoms with Gasteiger partial charge in [-0.25, -0.2) is 4.79 Å². The minimum Gasteiger partial charge on any atom is -0.497 e. The number of methoxy groups -OCH3 is 1. The third kappa shape index (κ3) is 6.16. The molecule has 7 rings (SSSR count). The summed E-state index contributed by atoms with van der Waals surface area (Å²) in [4.78, 5) is 24.4. The highest BCUT2D eigenvalue weighted by Gasteiger charge is 2.65. The molecule has 1 amide bonds. The lowest BCUT2D eigenvalue weighted by atomic mass is 9.91. The lowest BCUT2D eigenvalue weighted by Crippen LogP contribution is -2.35. The Balaban J connectivity index is 0.000000460. The number of aliphatic carboxylic acids is 1. The van der Waals surface area contributed by atoms with Crippen LogP contribution in [0.25, 0.3) is 23.1 Å². The van der Waals surface area contributed by atoms with E-state index in [0.29, 0.717) is 0 Å². The van der Waals surface area contributed by atoms with Crippen LogP contribution >= 0.6 is 0 Å². The van der Waals surface area contributed by atoms with Gasteiger partial charge in [-0.1, -0.05) is 42.5 Å². The lowest BCUT2D eigenvalue weighted by molar-refractivity contribution is -0.192. The maximum Gasteiger partial charge on any atom is 0.490 e. The molecule has 12 heteroatoms. The van der Waals surface area contributed by atoms with E-state index in [0.717, 1.165) is 84.0 Å². The van der Waals surface area contributed by atoms with Crippen LogP contribution in [0.4, 0.5) is 18.9 Å². The van der Waals surface area contributed by atoms with Gasteiger partial charge in [-0.05, 0) is 59.0 Å². The van der Waals surface area contributed by atoms with Crippen molar-refractivity contribution in [1.82, 2.24) is 15.1 Å². The number of carboxylic acid groups (broad SMARTS) is 1.